The van der Waals surface area contributed by atoms with Gasteiger partial charge in [0.15, 0.2) is 27.1 Å². The smallest absolute Gasteiger partial charge is 0.287 e. The van der Waals surface area contributed by atoms with Gasteiger partial charge in [-0.1, -0.05) is 24.3 Å². The van der Waals surface area contributed by atoms with Gasteiger partial charge in [-0.05, 0) is 42.8 Å². The highest BCUT2D eigenvalue weighted by molar-refractivity contribution is 7.90. The zero-order valence-electron chi connectivity index (χ0n) is 16.8. The van der Waals surface area contributed by atoms with E-state index in [1.807, 2.05) is 13.0 Å². The number of amides is 1. The maximum absolute atomic E-state index is 12.6. The van der Waals surface area contributed by atoms with Crippen LogP contribution in [-0.2, 0) is 22.1 Å². The van der Waals surface area contributed by atoms with Crippen LogP contribution in [0.4, 0.5) is 0 Å². The van der Waals surface area contributed by atoms with Gasteiger partial charge >= 0.3 is 0 Å². The average molecular weight is 429 g/mol. The minimum absolute atomic E-state index is 0.0209. The summed E-state index contributed by atoms with van der Waals surface area (Å²) < 4.78 is 41.3. The van der Waals surface area contributed by atoms with Crippen molar-refractivity contribution in [3.05, 3.63) is 77.7 Å². The third kappa shape index (κ3) is 5.01. The summed E-state index contributed by atoms with van der Waals surface area (Å²) in [6.45, 7) is 2.61. The van der Waals surface area contributed by atoms with Crippen LogP contribution in [0.15, 0.2) is 70.2 Å². The molecule has 0 unspecified atom stereocenters. The Morgan fingerprint density at radius 1 is 1.07 bits per heavy atom. The Morgan fingerprint density at radius 2 is 1.83 bits per heavy atom. The first-order chi connectivity index (χ1) is 14.4. The van der Waals surface area contributed by atoms with E-state index in [0.717, 1.165) is 5.56 Å². The third-order valence-corrected chi connectivity index (χ3v) is 6.06. The number of sulfone groups is 1. The van der Waals surface area contributed by atoms with Gasteiger partial charge in [0.1, 0.15) is 0 Å². The molecule has 1 N–H and O–H groups in total. The highest BCUT2D eigenvalue weighted by Crippen LogP contribution is 2.28. The fourth-order valence-corrected chi connectivity index (χ4v) is 4.30. The monoisotopic (exact) mass is 429 g/mol. The van der Waals surface area contributed by atoms with E-state index >= 15 is 0 Å². The summed E-state index contributed by atoms with van der Waals surface area (Å²) >= 11 is 0. The SMILES string of the molecule is CCOc1ccc(CNC(=O)c2occc2CS(=O)(=O)c2ccccc2)cc1OC. The van der Waals surface area contributed by atoms with Crippen LogP contribution in [0.25, 0.3) is 0 Å². The highest BCUT2D eigenvalue weighted by atomic mass is 32.2. The van der Waals surface area contributed by atoms with Gasteiger partial charge in [0.2, 0.25) is 0 Å². The first-order valence-electron chi connectivity index (χ1n) is 9.36. The Labute approximate surface area is 175 Å². The molecule has 2 aromatic carbocycles. The van der Waals surface area contributed by atoms with Crippen molar-refractivity contribution in [1.29, 1.82) is 0 Å². The number of methoxy groups -OCH3 is 1. The van der Waals surface area contributed by atoms with Crippen molar-refractivity contribution in [2.24, 2.45) is 0 Å². The van der Waals surface area contributed by atoms with Gasteiger partial charge in [-0.3, -0.25) is 4.79 Å². The van der Waals surface area contributed by atoms with Crippen molar-refractivity contribution in [2.45, 2.75) is 24.1 Å². The molecule has 1 heterocycles. The minimum atomic E-state index is -3.60. The normalized spacial score (nSPS) is 11.1. The van der Waals surface area contributed by atoms with Crippen molar-refractivity contribution in [3.63, 3.8) is 0 Å². The quantitative estimate of drug-likeness (QED) is 0.559. The van der Waals surface area contributed by atoms with Crippen LogP contribution in [0.1, 0.15) is 28.6 Å². The maximum atomic E-state index is 12.6. The van der Waals surface area contributed by atoms with E-state index < -0.39 is 15.7 Å². The second-order valence-electron chi connectivity index (χ2n) is 6.45. The molecule has 1 aromatic heterocycles. The lowest BCUT2D eigenvalue weighted by Crippen LogP contribution is -2.23. The summed E-state index contributed by atoms with van der Waals surface area (Å²) in [6.07, 6.45) is 1.31. The Hall–Kier alpha value is -3.26. The van der Waals surface area contributed by atoms with Gasteiger partial charge in [0.05, 0.1) is 30.6 Å². The topological polar surface area (TPSA) is 94.8 Å². The number of carbonyl (C=O) groups excluding carboxylic acids is 1. The Bertz CT molecular complexity index is 1110. The van der Waals surface area contributed by atoms with Gasteiger partial charge < -0.3 is 19.2 Å². The van der Waals surface area contributed by atoms with Crippen LogP contribution in [0, 0.1) is 0 Å². The van der Waals surface area contributed by atoms with Crippen LogP contribution in [0.2, 0.25) is 0 Å². The number of furan rings is 1. The van der Waals surface area contributed by atoms with E-state index in [2.05, 4.69) is 5.32 Å². The molecule has 0 bridgehead atoms. The molecule has 30 heavy (non-hydrogen) atoms. The van der Waals surface area contributed by atoms with Crippen LogP contribution < -0.4 is 14.8 Å². The predicted octanol–water partition coefficient (Wildman–Crippen LogP) is 3.59. The Kier molecular flexibility index (Phi) is 6.79. The molecule has 8 heteroatoms. The molecule has 0 aliphatic rings. The largest absolute Gasteiger partial charge is 0.493 e. The van der Waals surface area contributed by atoms with Crippen molar-refractivity contribution in [2.75, 3.05) is 13.7 Å². The standard InChI is InChI=1S/C22H23NO6S/c1-3-28-19-10-9-16(13-20(19)27-2)14-23-22(24)21-17(11-12-29-21)15-30(25,26)18-7-5-4-6-8-18/h4-13H,3,14-15H2,1-2H3,(H,23,24). The van der Waals surface area contributed by atoms with Gasteiger partial charge in [0, 0.05) is 12.1 Å². The number of hydrogen-bond donors (Lipinski definition) is 1. The minimum Gasteiger partial charge on any atom is -0.493 e. The summed E-state index contributed by atoms with van der Waals surface area (Å²) in [5.41, 5.74) is 1.11. The second-order valence-corrected chi connectivity index (χ2v) is 8.44. The van der Waals surface area contributed by atoms with Crippen LogP contribution in [0.5, 0.6) is 11.5 Å². The molecule has 158 valence electrons. The fourth-order valence-electron chi connectivity index (χ4n) is 2.92. The van der Waals surface area contributed by atoms with E-state index in [9.17, 15) is 13.2 Å². The lowest BCUT2D eigenvalue weighted by Gasteiger charge is -2.11. The van der Waals surface area contributed by atoms with Crippen molar-refractivity contribution in [3.8, 4) is 11.5 Å². The van der Waals surface area contributed by atoms with E-state index in [4.69, 9.17) is 13.9 Å². The zero-order chi connectivity index (χ0) is 21.6. The van der Waals surface area contributed by atoms with Crippen LogP contribution in [0.3, 0.4) is 0 Å². The molecule has 0 spiro atoms. The highest BCUT2D eigenvalue weighted by Gasteiger charge is 2.22. The first kappa shape index (κ1) is 21.4. The van der Waals surface area contributed by atoms with Crippen LogP contribution in [-0.4, -0.2) is 28.0 Å². The summed E-state index contributed by atoms with van der Waals surface area (Å²) in [5.74, 6) is 0.344. The number of ether oxygens (including phenoxy) is 2. The second kappa shape index (κ2) is 9.49. The molecule has 0 aliphatic heterocycles. The molecule has 0 fully saturated rings. The third-order valence-electron chi connectivity index (χ3n) is 4.38. The number of hydrogen-bond acceptors (Lipinski definition) is 6. The fraction of sp³-hybridized carbons (Fsp3) is 0.227. The molecular weight excluding hydrogens is 406 g/mol. The molecule has 0 saturated heterocycles. The Balaban J connectivity index is 1.70. The zero-order valence-corrected chi connectivity index (χ0v) is 17.6. The maximum Gasteiger partial charge on any atom is 0.287 e. The lowest BCUT2D eigenvalue weighted by molar-refractivity contribution is 0.0922. The van der Waals surface area contributed by atoms with Crippen LogP contribution >= 0.6 is 0 Å². The van der Waals surface area contributed by atoms with Crippen molar-refractivity contribution in [1.82, 2.24) is 5.32 Å². The average Bonchev–Trinajstić information content (AvgIpc) is 3.21. The molecule has 0 saturated carbocycles. The number of rotatable bonds is 9. The predicted molar refractivity (Wildman–Crippen MR) is 111 cm³/mol. The number of carbonyl (C=O) groups is 1. The van der Waals surface area contributed by atoms with E-state index in [0.29, 0.717) is 23.7 Å². The van der Waals surface area contributed by atoms with Gasteiger partial charge in [-0.2, -0.15) is 0 Å². The van der Waals surface area contributed by atoms with E-state index in [1.54, 1.807) is 37.4 Å². The first-order valence-corrected chi connectivity index (χ1v) is 11.0. The molecule has 0 radical (unpaired) electrons. The Morgan fingerprint density at radius 3 is 2.53 bits per heavy atom. The molecule has 7 nitrogen and oxygen atoms in total. The van der Waals surface area contributed by atoms with Crippen molar-refractivity contribution >= 4 is 15.7 Å². The molecule has 3 rings (SSSR count). The number of benzene rings is 2. The number of nitrogens with one attached hydrogen (secondary N) is 1. The molecule has 0 aliphatic carbocycles. The van der Waals surface area contributed by atoms with Crippen molar-refractivity contribution < 1.29 is 27.1 Å². The lowest BCUT2D eigenvalue weighted by atomic mass is 10.2. The van der Waals surface area contributed by atoms with Gasteiger partial charge in [0.25, 0.3) is 5.91 Å². The van der Waals surface area contributed by atoms with E-state index in [1.165, 1.54) is 24.5 Å². The molecule has 1 amide bonds. The molecule has 3 aromatic rings. The van der Waals surface area contributed by atoms with Gasteiger partial charge in [-0.25, -0.2) is 8.42 Å². The molecule has 0 atom stereocenters. The summed E-state index contributed by atoms with van der Waals surface area (Å²) in [4.78, 5) is 12.8. The summed E-state index contributed by atoms with van der Waals surface area (Å²) in [7, 11) is -2.05. The molecular formula is C22H23NO6S. The van der Waals surface area contributed by atoms with Gasteiger partial charge in [-0.15, -0.1) is 0 Å². The van der Waals surface area contributed by atoms with E-state index in [-0.39, 0.29) is 23.0 Å². The summed E-state index contributed by atoms with van der Waals surface area (Å²) in [6, 6.07) is 14.9. The summed E-state index contributed by atoms with van der Waals surface area (Å²) in [5, 5.41) is 2.75.